The van der Waals surface area contributed by atoms with Crippen molar-refractivity contribution in [1.29, 1.82) is 0 Å². The molecule has 4 N–H and O–H groups in total. The highest BCUT2D eigenvalue weighted by atomic mass is 35.5. The van der Waals surface area contributed by atoms with Crippen LogP contribution in [0.1, 0.15) is 5.82 Å². The maximum absolute atomic E-state index is 11.8. The van der Waals surface area contributed by atoms with E-state index in [9.17, 15) is 9.90 Å². The quantitative estimate of drug-likeness (QED) is 0.447. The molecule has 2 rings (SSSR count). The third-order valence-corrected chi connectivity index (χ3v) is 3.58. The number of aromatic nitrogens is 3. The Labute approximate surface area is 124 Å². The molecule has 0 bridgehead atoms. The number of carbonyl (C=O) groups excluding carboxylic acids is 1. The molecular formula is C11H12ClN5O2S. The van der Waals surface area contributed by atoms with E-state index in [4.69, 9.17) is 17.4 Å². The van der Waals surface area contributed by atoms with Crippen molar-refractivity contribution in [3.8, 4) is 5.75 Å². The number of aromatic hydroxyl groups is 1. The van der Waals surface area contributed by atoms with Gasteiger partial charge in [-0.1, -0.05) is 23.4 Å². The summed E-state index contributed by atoms with van der Waals surface area (Å²) in [4.78, 5) is 11.8. The van der Waals surface area contributed by atoms with E-state index in [1.807, 2.05) is 0 Å². The zero-order valence-corrected chi connectivity index (χ0v) is 12.1. The van der Waals surface area contributed by atoms with Crippen LogP contribution in [0, 0.1) is 6.92 Å². The van der Waals surface area contributed by atoms with E-state index >= 15 is 0 Å². The van der Waals surface area contributed by atoms with E-state index in [-0.39, 0.29) is 23.1 Å². The predicted molar refractivity (Wildman–Crippen MR) is 77.4 cm³/mol. The predicted octanol–water partition coefficient (Wildman–Crippen LogP) is 1.39. The molecular weight excluding hydrogens is 302 g/mol. The molecule has 0 atom stereocenters. The largest absolute Gasteiger partial charge is 0.506 e. The van der Waals surface area contributed by atoms with Crippen molar-refractivity contribution in [2.45, 2.75) is 12.1 Å². The summed E-state index contributed by atoms with van der Waals surface area (Å²) in [7, 11) is 0. The zero-order chi connectivity index (χ0) is 14.7. The van der Waals surface area contributed by atoms with Crippen LogP contribution in [0.5, 0.6) is 5.75 Å². The van der Waals surface area contributed by atoms with Gasteiger partial charge in [-0.25, -0.2) is 4.68 Å². The average Bonchev–Trinajstić information content (AvgIpc) is 2.72. The van der Waals surface area contributed by atoms with Crippen molar-refractivity contribution in [2.24, 2.45) is 0 Å². The monoisotopic (exact) mass is 313 g/mol. The Morgan fingerprint density at radius 3 is 2.95 bits per heavy atom. The molecule has 0 saturated carbocycles. The zero-order valence-electron chi connectivity index (χ0n) is 10.5. The molecule has 9 heteroatoms. The summed E-state index contributed by atoms with van der Waals surface area (Å²) in [5.74, 6) is 5.95. The maximum Gasteiger partial charge on any atom is 0.234 e. The summed E-state index contributed by atoms with van der Waals surface area (Å²) in [6.07, 6.45) is 0. The highest BCUT2D eigenvalue weighted by Crippen LogP contribution is 2.26. The Bertz CT molecular complexity index is 646. The number of anilines is 1. The van der Waals surface area contributed by atoms with Crippen LogP contribution >= 0.6 is 23.4 Å². The smallest absolute Gasteiger partial charge is 0.234 e. The van der Waals surface area contributed by atoms with Gasteiger partial charge in [-0.3, -0.25) is 4.79 Å². The molecule has 0 spiro atoms. The van der Waals surface area contributed by atoms with Crippen molar-refractivity contribution < 1.29 is 9.90 Å². The fourth-order valence-corrected chi connectivity index (χ4v) is 2.25. The Balaban J connectivity index is 1.96. The highest BCUT2D eigenvalue weighted by Gasteiger charge is 2.11. The van der Waals surface area contributed by atoms with E-state index in [1.165, 1.54) is 22.9 Å². The fourth-order valence-electron chi connectivity index (χ4n) is 1.37. The summed E-state index contributed by atoms with van der Waals surface area (Å²) in [6, 6.07) is 4.40. The Hall–Kier alpha value is -1.93. The highest BCUT2D eigenvalue weighted by molar-refractivity contribution is 7.99. The number of benzene rings is 1. The van der Waals surface area contributed by atoms with Gasteiger partial charge in [0.1, 0.15) is 11.6 Å². The summed E-state index contributed by atoms with van der Waals surface area (Å²) >= 11 is 6.93. The summed E-state index contributed by atoms with van der Waals surface area (Å²) in [6.45, 7) is 1.71. The number of hydrogen-bond donors (Lipinski definition) is 3. The van der Waals surface area contributed by atoms with Crippen LogP contribution in [0.15, 0.2) is 23.4 Å². The molecule has 1 heterocycles. The number of amides is 1. The number of halogens is 1. The van der Waals surface area contributed by atoms with Gasteiger partial charge in [-0.2, -0.15) is 0 Å². The lowest BCUT2D eigenvalue weighted by Gasteiger charge is -2.07. The minimum atomic E-state index is -0.312. The lowest BCUT2D eigenvalue weighted by molar-refractivity contribution is -0.113. The van der Waals surface area contributed by atoms with E-state index in [0.717, 1.165) is 11.8 Å². The molecule has 1 amide bonds. The van der Waals surface area contributed by atoms with Gasteiger partial charge in [0.15, 0.2) is 0 Å². The van der Waals surface area contributed by atoms with Crippen LogP contribution in [-0.2, 0) is 4.79 Å². The molecule has 0 unspecified atom stereocenters. The first-order chi connectivity index (χ1) is 9.47. The molecule has 106 valence electrons. The molecule has 2 aromatic rings. The molecule has 0 aliphatic heterocycles. The second kappa shape index (κ2) is 6.02. The van der Waals surface area contributed by atoms with Crippen molar-refractivity contribution in [3.05, 3.63) is 29.0 Å². The lowest BCUT2D eigenvalue weighted by Crippen LogP contribution is -2.16. The standard InChI is InChI=1S/C11H12ClN5O2S/c1-6-15-16-11(17(6)13)20-5-10(19)14-8-4-7(12)2-3-9(8)18/h2-4,18H,5,13H2,1H3,(H,14,19). The Kier molecular flexibility index (Phi) is 4.35. The molecule has 0 aliphatic carbocycles. The second-order valence-electron chi connectivity index (χ2n) is 3.90. The molecule has 0 aliphatic rings. The van der Waals surface area contributed by atoms with Gasteiger partial charge in [0, 0.05) is 5.02 Å². The molecule has 7 nitrogen and oxygen atoms in total. The topological polar surface area (TPSA) is 106 Å². The summed E-state index contributed by atoms with van der Waals surface area (Å²) in [5.41, 5.74) is 0.258. The summed E-state index contributed by atoms with van der Waals surface area (Å²) < 4.78 is 1.30. The van der Waals surface area contributed by atoms with Crippen LogP contribution in [0.25, 0.3) is 0 Å². The Morgan fingerprint density at radius 1 is 1.55 bits per heavy atom. The van der Waals surface area contributed by atoms with Crippen molar-refractivity contribution >= 4 is 35.0 Å². The minimum absolute atomic E-state index is 0.0504. The third kappa shape index (κ3) is 3.34. The molecule has 0 radical (unpaired) electrons. The molecule has 1 aromatic heterocycles. The van der Waals surface area contributed by atoms with Gasteiger partial charge in [0.25, 0.3) is 0 Å². The normalized spacial score (nSPS) is 10.5. The number of hydrogen-bond acceptors (Lipinski definition) is 6. The van der Waals surface area contributed by atoms with Gasteiger partial charge >= 0.3 is 0 Å². The van der Waals surface area contributed by atoms with E-state index in [2.05, 4.69) is 15.5 Å². The number of nitrogen functional groups attached to an aromatic ring is 1. The van der Waals surface area contributed by atoms with E-state index in [0.29, 0.717) is 16.0 Å². The first-order valence-corrected chi connectivity index (χ1v) is 6.92. The summed E-state index contributed by atoms with van der Waals surface area (Å²) in [5, 5.41) is 20.6. The Morgan fingerprint density at radius 2 is 2.30 bits per heavy atom. The van der Waals surface area contributed by atoms with E-state index < -0.39 is 0 Å². The number of rotatable bonds is 4. The van der Waals surface area contributed by atoms with Crippen LogP contribution in [0.2, 0.25) is 5.02 Å². The molecule has 0 fully saturated rings. The number of phenolic OH excluding ortho intramolecular Hbond substituents is 1. The first-order valence-electron chi connectivity index (χ1n) is 5.55. The maximum atomic E-state index is 11.8. The molecule has 1 aromatic carbocycles. The second-order valence-corrected chi connectivity index (χ2v) is 5.28. The molecule has 20 heavy (non-hydrogen) atoms. The number of nitrogens with one attached hydrogen (secondary N) is 1. The van der Waals surface area contributed by atoms with Gasteiger partial charge < -0.3 is 16.3 Å². The number of nitrogens with two attached hydrogens (primary N) is 1. The van der Waals surface area contributed by atoms with Crippen LogP contribution in [-0.4, -0.2) is 31.6 Å². The SMILES string of the molecule is Cc1nnc(SCC(=O)Nc2cc(Cl)ccc2O)n1N. The van der Waals surface area contributed by atoms with Crippen LogP contribution in [0.4, 0.5) is 5.69 Å². The number of aryl methyl sites for hydroxylation is 1. The van der Waals surface area contributed by atoms with E-state index in [1.54, 1.807) is 6.92 Å². The van der Waals surface area contributed by atoms with Crippen molar-refractivity contribution in [3.63, 3.8) is 0 Å². The van der Waals surface area contributed by atoms with Gasteiger partial charge in [0.05, 0.1) is 11.4 Å². The fraction of sp³-hybridized carbons (Fsp3) is 0.182. The van der Waals surface area contributed by atoms with Gasteiger partial charge in [-0.15, -0.1) is 10.2 Å². The van der Waals surface area contributed by atoms with Gasteiger partial charge in [0.2, 0.25) is 11.1 Å². The lowest BCUT2D eigenvalue weighted by atomic mass is 10.3. The van der Waals surface area contributed by atoms with Gasteiger partial charge in [-0.05, 0) is 25.1 Å². The van der Waals surface area contributed by atoms with Crippen LogP contribution < -0.4 is 11.2 Å². The number of thioether (sulfide) groups is 1. The van der Waals surface area contributed by atoms with Crippen LogP contribution in [0.3, 0.4) is 0 Å². The minimum Gasteiger partial charge on any atom is -0.506 e. The number of nitrogens with zero attached hydrogens (tertiary/aromatic N) is 3. The number of phenols is 1. The van der Waals surface area contributed by atoms with Crippen molar-refractivity contribution in [1.82, 2.24) is 14.9 Å². The first kappa shape index (κ1) is 14.5. The van der Waals surface area contributed by atoms with Crippen molar-refractivity contribution in [2.75, 3.05) is 16.9 Å². The molecule has 0 saturated heterocycles. The number of carbonyl (C=O) groups is 1. The average molecular weight is 314 g/mol. The third-order valence-electron chi connectivity index (χ3n) is 2.40.